The minimum atomic E-state index is -3.88. The number of nitrogens with one attached hydrogen (secondary N) is 3. The molecule has 0 saturated heterocycles. The van der Waals surface area contributed by atoms with Crippen LogP contribution < -0.4 is 15.5 Å². The van der Waals surface area contributed by atoms with Crippen molar-refractivity contribution in [3.05, 3.63) is 81.8 Å². The number of rotatable bonds is 7. The molecule has 3 aromatic rings. The topological polar surface area (TPSA) is 123 Å². The first kappa shape index (κ1) is 24.4. The van der Waals surface area contributed by atoms with Crippen molar-refractivity contribution in [1.82, 2.24) is 0 Å². The number of hydrazone groups is 1. The van der Waals surface area contributed by atoms with E-state index in [1.54, 1.807) is 36.4 Å². The van der Waals surface area contributed by atoms with E-state index in [0.29, 0.717) is 5.69 Å². The third-order valence-electron chi connectivity index (χ3n) is 4.10. The van der Waals surface area contributed by atoms with E-state index in [4.69, 9.17) is 34.8 Å². The second-order valence-corrected chi connectivity index (χ2v) is 9.22. The number of hydrogen-bond donors (Lipinski definition) is 3. The van der Waals surface area contributed by atoms with Crippen molar-refractivity contribution in [2.45, 2.75) is 4.90 Å². The van der Waals surface area contributed by atoms with E-state index in [9.17, 15) is 18.5 Å². The Morgan fingerprint density at radius 2 is 1.52 bits per heavy atom. The Hall–Kier alpha value is -3.29. The minimum absolute atomic E-state index is 0.0224. The van der Waals surface area contributed by atoms with E-state index in [1.165, 1.54) is 36.4 Å². The van der Waals surface area contributed by atoms with Gasteiger partial charge in [0, 0.05) is 0 Å². The molecule has 3 N–H and O–H groups in total. The molecule has 3 aromatic carbocycles. The average molecular weight is 523 g/mol. The summed E-state index contributed by atoms with van der Waals surface area (Å²) in [6, 6.07) is 18.3. The summed E-state index contributed by atoms with van der Waals surface area (Å²) in [4.78, 5) is 12.3. The van der Waals surface area contributed by atoms with Crippen LogP contribution >= 0.6 is 34.8 Å². The van der Waals surface area contributed by atoms with Crippen LogP contribution in [-0.2, 0) is 14.8 Å². The van der Waals surface area contributed by atoms with Gasteiger partial charge in [0.1, 0.15) is 6.07 Å². The standard InChI is InChI=1S/C21H14Cl3N5O3S/c22-15-4-1-2-6-17(15)29-33(31,32)14-10-8-13(9-11-14)27-28-19(12-25)21(30)26-18-7-3-5-16(23)20(18)24/h1-11,27,29H,(H,26,30). The molecule has 0 aromatic heterocycles. The summed E-state index contributed by atoms with van der Waals surface area (Å²) < 4.78 is 27.5. The van der Waals surface area contributed by atoms with Crippen LogP contribution in [0.25, 0.3) is 0 Å². The molecule has 1 amide bonds. The lowest BCUT2D eigenvalue weighted by atomic mass is 10.3. The van der Waals surface area contributed by atoms with Crippen molar-refractivity contribution in [2.24, 2.45) is 5.10 Å². The Morgan fingerprint density at radius 1 is 0.879 bits per heavy atom. The molecular weight excluding hydrogens is 509 g/mol. The van der Waals surface area contributed by atoms with E-state index in [-0.39, 0.29) is 31.3 Å². The zero-order chi connectivity index (χ0) is 24.0. The highest BCUT2D eigenvalue weighted by atomic mass is 35.5. The number of carbonyl (C=O) groups excluding carboxylic acids is 1. The molecule has 0 bridgehead atoms. The summed E-state index contributed by atoms with van der Waals surface area (Å²) in [5.74, 6) is -0.808. The molecule has 33 heavy (non-hydrogen) atoms. The summed E-state index contributed by atoms with van der Waals surface area (Å²) in [7, 11) is -3.88. The van der Waals surface area contributed by atoms with Gasteiger partial charge in [-0.05, 0) is 48.5 Å². The number of anilines is 3. The van der Waals surface area contributed by atoms with Crippen LogP contribution in [0.2, 0.25) is 15.1 Å². The molecular formula is C21H14Cl3N5O3S. The lowest BCUT2D eigenvalue weighted by molar-refractivity contribution is -0.110. The maximum Gasteiger partial charge on any atom is 0.287 e. The van der Waals surface area contributed by atoms with Gasteiger partial charge in [-0.15, -0.1) is 0 Å². The van der Waals surface area contributed by atoms with Crippen LogP contribution in [0.1, 0.15) is 0 Å². The van der Waals surface area contributed by atoms with Gasteiger partial charge in [-0.2, -0.15) is 10.4 Å². The van der Waals surface area contributed by atoms with Gasteiger partial charge in [0.2, 0.25) is 5.71 Å². The van der Waals surface area contributed by atoms with Gasteiger partial charge < -0.3 is 5.32 Å². The number of nitrogens with zero attached hydrogens (tertiary/aromatic N) is 2. The highest BCUT2D eigenvalue weighted by Crippen LogP contribution is 2.29. The Bertz CT molecular complexity index is 1370. The number of sulfonamides is 1. The van der Waals surface area contributed by atoms with Gasteiger partial charge in [0.05, 0.1) is 37.0 Å². The SMILES string of the molecule is N#CC(=NNc1ccc(S(=O)(=O)Nc2ccccc2Cl)cc1)C(=O)Nc1cccc(Cl)c1Cl. The first-order chi connectivity index (χ1) is 15.7. The molecule has 3 rings (SSSR count). The Kier molecular flexibility index (Phi) is 7.79. The van der Waals surface area contributed by atoms with Crippen LogP contribution in [0.4, 0.5) is 17.1 Å². The monoisotopic (exact) mass is 521 g/mol. The predicted molar refractivity (Wildman–Crippen MR) is 130 cm³/mol. The number of carbonyl (C=O) groups is 1. The fraction of sp³-hybridized carbons (Fsp3) is 0. The zero-order valence-corrected chi connectivity index (χ0v) is 19.6. The van der Waals surface area contributed by atoms with Crippen LogP contribution in [0.5, 0.6) is 0 Å². The van der Waals surface area contributed by atoms with Crippen LogP contribution in [0, 0.1) is 11.3 Å². The second-order valence-electron chi connectivity index (χ2n) is 6.35. The molecule has 168 valence electrons. The lowest BCUT2D eigenvalue weighted by Crippen LogP contribution is -2.22. The van der Waals surface area contributed by atoms with E-state index >= 15 is 0 Å². The number of para-hydroxylation sites is 1. The molecule has 0 aliphatic heterocycles. The summed E-state index contributed by atoms with van der Waals surface area (Å²) in [5.41, 5.74) is 2.86. The third-order valence-corrected chi connectivity index (χ3v) is 6.63. The Labute approximate surface area is 204 Å². The minimum Gasteiger partial charge on any atom is -0.319 e. The Balaban J connectivity index is 1.70. The molecule has 0 unspecified atom stereocenters. The first-order valence-electron chi connectivity index (χ1n) is 9.08. The average Bonchev–Trinajstić information content (AvgIpc) is 2.79. The third kappa shape index (κ3) is 6.15. The fourth-order valence-corrected chi connectivity index (χ4v) is 4.15. The van der Waals surface area contributed by atoms with Crippen molar-refractivity contribution in [1.29, 1.82) is 5.26 Å². The summed E-state index contributed by atoms with van der Waals surface area (Å²) >= 11 is 17.9. The second kappa shape index (κ2) is 10.6. The van der Waals surface area contributed by atoms with Gasteiger partial charge in [0.15, 0.2) is 0 Å². The number of benzene rings is 3. The van der Waals surface area contributed by atoms with Crippen LogP contribution in [-0.4, -0.2) is 20.0 Å². The van der Waals surface area contributed by atoms with Gasteiger partial charge in [-0.25, -0.2) is 8.42 Å². The summed E-state index contributed by atoms with van der Waals surface area (Å²) in [5, 5.41) is 16.1. The van der Waals surface area contributed by atoms with Crippen LogP contribution in [0.3, 0.4) is 0 Å². The molecule has 0 radical (unpaired) electrons. The van der Waals surface area contributed by atoms with Crippen molar-refractivity contribution in [2.75, 3.05) is 15.5 Å². The van der Waals surface area contributed by atoms with Gasteiger partial charge in [-0.1, -0.05) is 53.0 Å². The van der Waals surface area contributed by atoms with E-state index in [2.05, 4.69) is 20.6 Å². The van der Waals surface area contributed by atoms with E-state index in [0.717, 1.165) is 0 Å². The number of halogens is 3. The van der Waals surface area contributed by atoms with Crippen molar-refractivity contribution in [3.8, 4) is 6.07 Å². The van der Waals surface area contributed by atoms with Crippen LogP contribution in [0.15, 0.2) is 76.7 Å². The summed E-state index contributed by atoms with van der Waals surface area (Å²) in [6.45, 7) is 0. The Morgan fingerprint density at radius 3 is 2.18 bits per heavy atom. The van der Waals surface area contributed by atoms with Gasteiger partial charge in [0.25, 0.3) is 15.9 Å². The largest absolute Gasteiger partial charge is 0.319 e. The smallest absolute Gasteiger partial charge is 0.287 e. The lowest BCUT2D eigenvalue weighted by Gasteiger charge is -2.10. The normalized spacial score (nSPS) is 11.4. The maximum atomic E-state index is 12.6. The van der Waals surface area contributed by atoms with Gasteiger partial charge >= 0.3 is 0 Å². The van der Waals surface area contributed by atoms with E-state index < -0.39 is 21.6 Å². The van der Waals surface area contributed by atoms with Crippen molar-refractivity contribution in [3.63, 3.8) is 0 Å². The van der Waals surface area contributed by atoms with Crippen molar-refractivity contribution < 1.29 is 13.2 Å². The molecule has 0 saturated carbocycles. The molecule has 0 atom stereocenters. The highest BCUT2D eigenvalue weighted by Gasteiger charge is 2.16. The van der Waals surface area contributed by atoms with E-state index in [1.807, 2.05) is 0 Å². The first-order valence-corrected chi connectivity index (χ1v) is 11.7. The zero-order valence-electron chi connectivity index (χ0n) is 16.5. The van der Waals surface area contributed by atoms with Gasteiger partial charge in [-0.3, -0.25) is 14.9 Å². The molecule has 0 aliphatic rings. The highest BCUT2D eigenvalue weighted by molar-refractivity contribution is 7.92. The fourth-order valence-electron chi connectivity index (χ4n) is 2.49. The maximum absolute atomic E-state index is 12.6. The molecule has 0 spiro atoms. The molecule has 12 heteroatoms. The van der Waals surface area contributed by atoms with Crippen molar-refractivity contribution >= 4 is 73.5 Å². The molecule has 0 fully saturated rings. The predicted octanol–water partition coefficient (Wildman–Crippen LogP) is 5.38. The quantitative estimate of drug-likeness (QED) is 0.284. The summed E-state index contributed by atoms with van der Waals surface area (Å²) in [6.07, 6.45) is 0. The molecule has 8 nitrogen and oxygen atoms in total. The number of amides is 1. The molecule has 0 aliphatic carbocycles. The number of hydrogen-bond acceptors (Lipinski definition) is 6. The number of nitriles is 1. The molecule has 0 heterocycles.